The Hall–Kier alpha value is -0.570. The van der Waals surface area contributed by atoms with Gasteiger partial charge >= 0.3 is 0 Å². The van der Waals surface area contributed by atoms with Gasteiger partial charge in [-0.05, 0) is 32.6 Å². The van der Waals surface area contributed by atoms with E-state index in [1.165, 1.54) is 6.42 Å². The van der Waals surface area contributed by atoms with Crippen LogP contribution in [-0.2, 0) is 11.4 Å². The lowest BCUT2D eigenvalue weighted by Gasteiger charge is -2.25. The molecule has 4 heteroatoms. The van der Waals surface area contributed by atoms with Crippen LogP contribution in [-0.4, -0.2) is 14.8 Å². The lowest BCUT2D eigenvalue weighted by molar-refractivity contribution is 0.368. The predicted molar refractivity (Wildman–Crippen MR) is 65.7 cm³/mol. The maximum atomic E-state index is 5.92. The summed E-state index contributed by atoms with van der Waals surface area (Å²) in [6, 6.07) is 0. The SMILES string of the molecule is CC1(C)CC1c1nnc(CCl)n1C(C)(C)C. The molecule has 1 saturated carbocycles. The van der Waals surface area contributed by atoms with Crippen molar-refractivity contribution in [3.8, 4) is 0 Å². The molecule has 1 aromatic rings. The van der Waals surface area contributed by atoms with Gasteiger partial charge in [-0.3, -0.25) is 0 Å². The lowest BCUT2D eigenvalue weighted by Crippen LogP contribution is -2.26. The van der Waals surface area contributed by atoms with Crippen molar-refractivity contribution in [2.45, 2.75) is 58.4 Å². The third kappa shape index (κ3) is 1.86. The smallest absolute Gasteiger partial charge is 0.148 e. The second kappa shape index (κ2) is 3.46. The Bertz CT molecular complexity index is 401. The van der Waals surface area contributed by atoms with Gasteiger partial charge in [0, 0.05) is 11.5 Å². The number of aromatic nitrogens is 3. The molecule has 0 amide bonds. The zero-order chi connectivity index (χ0) is 12.1. The lowest BCUT2D eigenvalue weighted by atomic mass is 10.1. The van der Waals surface area contributed by atoms with Crippen molar-refractivity contribution in [1.82, 2.24) is 14.8 Å². The number of halogens is 1. The van der Waals surface area contributed by atoms with Gasteiger partial charge in [-0.25, -0.2) is 0 Å². The van der Waals surface area contributed by atoms with Crippen LogP contribution in [0.2, 0.25) is 0 Å². The highest BCUT2D eigenvalue weighted by molar-refractivity contribution is 6.16. The van der Waals surface area contributed by atoms with E-state index in [1.54, 1.807) is 0 Å². The molecule has 1 aliphatic rings. The first-order valence-electron chi connectivity index (χ1n) is 5.78. The number of hydrogen-bond acceptors (Lipinski definition) is 2. The molecule has 2 rings (SSSR count). The molecule has 0 aromatic carbocycles. The second-order valence-electron chi connectivity index (χ2n) is 6.36. The molecule has 1 unspecified atom stereocenters. The summed E-state index contributed by atoms with van der Waals surface area (Å²) in [5, 5.41) is 8.55. The van der Waals surface area contributed by atoms with E-state index in [9.17, 15) is 0 Å². The first-order valence-corrected chi connectivity index (χ1v) is 6.31. The van der Waals surface area contributed by atoms with Crippen LogP contribution in [0, 0.1) is 5.41 Å². The van der Waals surface area contributed by atoms with Crippen LogP contribution in [0.4, 0.5) is 0 Å². The highest BCUT2D eigenvalue weighted by Crippen LogP contribution is 2.58. The predicted octanol–water partition coefficient (Wildman–Crippen LogP) is 3.29. The normalized spacial score (nSPS) is 23.5. The molecule has 0 saturated heterocycles. The Morgan fingerprint density at radius 1 is 1.38 bits per heavy atom. The molecule has 16 heavy (non-hydrogen) atoms. The minimum atomic E-state index is 0.00171. The third-order valence-electron chi connectivity index (χ3n) is 3.37. The highest BCUT2D eigenvalue weighted by Gasteiger charge is 2.50. The number of rotatable bonds is 2. The first-order chi connectivity index (χ1) is 7.27. The maximum absolute atomic E-state index is 5.92. The van der Waals surface area contributed by atoms with E-state index in [2.05, 4.69) is 49.4 Å². The number of nitrogens with zero attached hydrogens (tertiary/aromatic N) is 3. The molecule has 1 heterocycles. The van der Waals surface area contributed by atoms with Crippen LogP contribution in [0.5, 0.6) is 0 Å². The Morgan fingerprint density at radius 2 is 1.94 bits per heavy atom. The minimum absolute atomic E-state index is 0.00171. The molecule has 1 fully saturated rings. The van der Waals surface area contributed by atoms with Gasteiger partial charge in [-0.1, -0.05) is 13.8 Å². The summed E-state index contributed by atoms with van der Waals surface area (Å²) in [5.74, 6) is 2.95. The molecular weight excluding hydrogens is 222 g/mol. The van der Waals surface area contributed by atoms with Gasteiger partial charge in [0.25, 0.3) is 0 Å². The fourth-order valence-corrected chi connectivity index (χ4v) is 2.45. The minimum Gasteiger partial charge on any atom is -0.308 e. The molecule has 3 nitrogen and oxygen atoms in total. The van der Waals surface area contributed by atoms with Gasteiger partial charge in [0.1, 0.15) is 11.6 Å². The van der Waals surface area contributed by atoms with Crippen molar-refractivity contribution in [2.75, 3.05) is 0 Å². The Morgan fingerprint density at radius 3 is 2.31 bits per heavy atom. The van der Waals surface area contributed by atoms with Gasteiger partial charge in [0.2, 0.25) is 0 Å². The third-order valence-corrected chi connectivity index (χ3v) is 3.61. The molecule has 0 N–H and O–H groups in total. The topological polar surface area (TPSA) is 30.7 Å². The molecule has 0 aliphatic heterocycles. The molecular formula is C12H20ClN3. The van der Waals surface area contributed by atoms with E-state index in [4.69, 9.17) is 11.6 Å². The number of alkyl halides is 1. The average molecular weight is 242 g/mol. The van der Waals surface area contributed by atoms with Crippen LogP contribution < -0.4 is 0 Å². The molecule has 1 aromatic heterocycles. The largest absolute Gasteiger partial charge is 0.308 e. The van der Waals surface area contributed by atoms with Crippen molar-refractivity contribution >= 4 is 11.6 Å². The summed E-state index contributed by atoms with van der Waals surface area (Å²) in [5.41, 5.74) is 0.376. The van der Waals surface area contributed by atoms with Crippen LogP contribution in [0.1, 0.15) is 58.6 Å². The van der Waals surface area contributed by atoms with E-state index in [1.807, 2.05) is 0 Å². The van der Waals surface area contributed by atoms with E-state index < -0.39 is 0 Å². The van der Waals surface area contributed by atoms with Crippen molar-refractivity contribution in [3.05, 3.63) is 11.6 Å². The summed E-state index contributed by atoms with van der Waals surface area (Å²) in [4.78, 5) is 0. The van der Waals surface area contributed by atoms with Gasteiger partial charge in [0.05, 0.1) is 5.88 Å². The van der Waals surface area contributed by atoms with Crippen molar-refractivity contribution in [1.29, 1.82) is 0 Å². The van der Waals surface area contributed by atoms with E-state index >= 15 is 0 Å². The Balaban J connectivity index is 2.44. The van der Waals surface area contributed by atoms with Crippen molar-refractivity contribution < 1.29 is 0 Å². The average Bonchev–Trinajstić information content (AvgIpc) is 2.63. The highest BCUT2D eigenvalue weighted by atomic mass is 35.5. The molecule has 0 radical (unpaired) electrons. The summed E-state index contributed by atoms with van der Waals surface area (Å²) in [7, 11) is 0. The van der Waals surface area contributed by atoms with Crippen LogP contribution in [0.3, 0.4) is 0 Å². The van der Waals surface area contributed by atoms with Crippen LogP contribution in [0.25, 0.3) is 0 Å². The fraction of sp³-hybridized carbons (Fsp3) is 0.833. The van der Waals surface area contributed by atoms with E-state index in [0.717, 1.165) is 11.6 Å². The summed E-state index contributed by atoms with van der Waals surface area (Å²) >= 11 is 5.92. The number of hydrogen-bond donors (Lipinski definition) is 0. The molecule has 1 atom stereocenters. The van der Waals surface area contributed by atoms with Gasteiger partial charge < -0.3 is 4.57 Å². The quantitative estimate of drug-likeness (QED) is 0.744. The molecule has 0 spiro atoms. The first kappa shape index (κ1) is 11.9. The van der Waals surface area contributed by atoms with E-state index in [-0.39, 0.29) is 5.54 Å². The summed E-state index contributed by atoms with van der Waals surface area (Å²) in [6.07, 6.45) is 1.20. The zero-order valence-corrected chi connectivity index (χ0v) is 11.5. The Kier molecular flexibility index (Phi) is 2.57. The van der Waals surface area contributed by atoms with Crippen molar-refractivity contribution in [2.24, 2.45) is 5.41 Å². The maximum Gasteiger partial charge on any atom is 0.148 e. The Labute approximate surface area is 102 Å². The monoisotopic (exact) mass is 241 g/mol. The zero-order valence-electron chi connectivity index (χ0n) is 10.7. The second-order valence-corrected chi connectivity index (χ2v) is 6.63. The molecule has 1 aliphatic carbocycles. The fourth-order valence-electron chi connectivity index (χ4n) is 2.28. The van der Waals surface area contributed by atoms with Crippen LogP contribution in [0.15, 0.2) is 0 Å². The van der Waals surface area contributed by atoms with Gasteiger partial charge in [0.15, 0.2) is 0 Å². The molecule has 0 bridgehead atoms. The van der Waals surface area contributed by atoms with E-state index in [0.29, 0.717) is 17.2 Å². The standard InChI is InChI=1S/C12H20ClN3/c1-11(2,3)16-9(7-13)14-15-10(16)8-6-12(8,4)5/h8H,6-7H2,1-5H3. The van der Waals surface area contributed by atoms with Gasteiger partial charge in [-0.2, -0.15) is 0 Å². The van der Waals surface area contributed by atoms with Crippen LogP contribution >= 0.6 is 11.6 Å². The molecule has 90 valence electrons. The summed E-state index contributed by atoms with van der Waals surface area (Å²) in [6.45, 7) is 11.1. The summed E-state index contributed by atoms with van der Waals surface area (Å²) < 4.78 is 2.21. The van der Waals surface area contributed by atoms with Gasteiger partial charge in [-0.15, -0.1) is 21.8 Å². The van der Waals surface area contributed by atoms with Crippen molar-refractivity contribution in [3.63, 3.8) is 0 Å².